The molecule has 0 atom stereocenters. The van der Waals surface area contributed by atoms with Crippen molar-refractivity contribution in [3.05, 3.63) is 0 Å². The second kappa shape index (κ2) is 4.45. The summed E-state index contributed by atoms with van der Waals surface area (Å²) in [7, 11) is 3.63. The average molecular weight is 173 g/mol. The molecule has 0 aliphatic heterocycles. The van der Waals surface area contributed by atoms with Crippen molar-refractivity contribution >= 4 is 6.03 Å². The molecule has 0 radical (unpaired) electrons. The van der Waals surface area contributed by atoms with Crippen LogP contribution in [0.15, 0.2) is 0 Å². The maximum absolute atomic E-state index is 11.8. The second-order valence-corrected chi connectivity index (χ2v) is 3.27. The Balaban J connectivity index is 4.59. The van der Waals surface area contributed by atoms with Gasteiger partial charge in [0.1, 0.15) is 0 Å². The number of rotatable bonds is 3. The van der Waals surface area contributed by atoms with Crippen molar-refractivity contribution in [2.24, 2.45) is 0 Å². The van der Waals surface area contributed by atoms with Crippen LogP contribution in [0.1, 0.15) is 20.8 Å². The van der Waals surface area contributed by atoms with Crippen LogP contribution in [0.4, 0.5) is 4.79 Å². The van der Waals surface area contributed by atoms with Crippen molar-refractivity contribution in [1.29, 1.82) is 0 Å². The van der Waals surface area contributed by atoms with Gasteiger partial charge in [-0.2, -0.15) is 0 Å². The lowest BCUT2D eigenvalue weighted by atomic mass is 10.3. The Morgan fingerprint density at radius 1 is 1.08 bits per heavy atom. The fraction of sp³-hybridized carbons (Fsp3) is 0.889. The first kappa shape index (κ1) is 11.4. The van der Waals surface area contributed by atoms with Gasteiger partial charge in [-0.15, -0.1) is 0 Å². The highest BCUT2D eigenvalue weighted by Crippen LogP contribution is 2.09. The number of nitrogens with zero attached hydrogens (tertiary/aromatic N) is 2. The topological polar surface area (TPSA) is 20.3 Å². The molecule has 0 unspecified atom stereocenters. The maximum Gasteiger partial charge on any atom is 0.418 e. The van der Waals surface area contributed by atoms with E-state index in [9.17, 15) is 4.79 Å². The van der Waals surface area contributed by atoms with Crippen LogP contribution in [0.3, 0.4) is 0 Å². The van der Waals surface area contributed by atoms with Crippen LogP contribution in [0.2, 0.25) is 0 Å². The van der Waals surface area contributed by atoms with E-state index in [1.165, 1.54) is 0 Å². The van der Waals surface area contributed by atoms with Crippen molar-refractivity contribution < 1.29 is 9.28 Å². The number of carbonyl (C=O) groups excluding carboxylic acids is 1. The third-order valence-corrected chi connectivity index (χ3v) is 2.60. The summed E-state index contributed by atoms with van der Waals surface area (Å²) in [6.45, 7) is 8.83. The number of hydrogen-bond donors (Lipinski definition) is 0. The van der Waals surface area contributed by atoms with Crippen molar-refractivity contribution in [3.8, 4) is 0 Å². The summed E-state index contributed by atoms with van der Waals surface area (Å²) in [5.74, 6) is 0. The fourth-order valence-electron chi connectivity index (χ4n) is 1.50. The Kier molecular flexibility index (Phi) is 4.24. The second-order valence-electron chi connectivity index (χ2n) is 3.27. The molecule has 0 saturated carbocycles. The Bertz CT molecular complexity index is 142. The molecule has 0 aliphatic carbocycles. The molecule has 0 aliphatic rings. The molecule has 12 heavy (non-hydrogen) atoms. The van der Waals surface area contributed by atoms with Gasteiger partial charge in [-0.3, -0.25) is 4.90 Å². The number of amides is 2. The average Bonchev–Trinajstić information content (AvgIpc) is 2.08. The van der Waals surface area contributed by atoms with Crippen molar-refractivity contribution in [1.82, 2.24) is 4.90 Å². The number of urea groups is 1. The minimum absolute atomic E-state index is 0.211. The molecular formula is C9H21N2O+. The predicted octanol–water partition coefficient (Wildman–Crippen LogP) is 1.54. The Labute approximate surface area is 75.5 Å². The molecule has 0 saturated heterocycles. The highest BCUT2D eigenvalue weighted by Gasteiger charge is 2.32. The number of hydrogen-bond acceptors (Lipinski definition) is 1. The summed E-state index contributed by atoms with van der Waals surface area (Å²) in [6.07, 6.45) is 0. The SMILES string of the molecule is CC[N+](CC)(CC)C(=O)N(C)C. The quantitative estimate of drug-likeness (QED) is 0.593. The van der Waals surface area contributed by atoms with Gasteiger partial charge in [-0.25, -0.2) is 9.28 Å². The van der Waals surface area contributed by atoms with Crippen LogP contribution in [0, 0.1) is 0 Å². The molecule has 0 aromatic heterocycles. The summed E-state index contributed by atoms with van der Waals surface area (Å²) in [6, 6.07) is 0.211. The fourth-order valence-corrected chi connectivity index (χ4v) is 1.50. The summed E-state index contributed by atoms with van der Waals surface area (Å²) in [5.41, 5.74) is 0. The van der Waals surface area contributed by atoms with Gasteiger partial charge in [-0.05, 0) is 20.8 Å². The lowest BCUT2D eigenvalue weighted by molar-refractivity contribution is -0.848. The van der Waals surface area contributed by atoms with Crippen LogP contribution in [0.25, 0.3) is 0 Å². The normalized spacial score (nSPS) is 11.4. The van der Waals surface area contributed by atoms with Gasteiger partial charge in [-0.1, -0.05) is 0 Å². The van der Waals surface area contributed by atoms with Gasteiger partial charge >= 0.3 is 6.03 Å². The van der Waals surface area contributed by atoms with Gasteiger partial charge in [0.05, 0.1) is 19.6 Å². The zero-order valence-electron chi connectivity index (χ0n) is 8.92. The monoisotopic (exact) mass is 173 g/mol. The molecule has 0 bridgehead atoms. The van der Waals surface area contributed by atoms with E-state index in [-0.39, 0.29) is 6.03 Å². The summed E-state index contributed by atoms with van der Waals surface area (Å²) in [5, 5.41) is 0. The minimum Gasteiger partial charge on any atom is -0.299 e. The van der Waals surface area contributed by atoms with Crippen LogP contribution in [-0.4, -0.2) is 49.1 Å². The van der Waals surface area contributed by atoms with E-state index in [1.54, 1.807) is 4.90 Å². The molecule has 0 aromatic rings. The van der Waals surface area contributed by atoms with Gasteiger partial charge in [0.15, 0.2) is 0 Å². The van der Waals surface area contributed by atoms with Crippen molar-refractivity contribution in [2.45, 2.75) is 20.8 Å². The lowest BCUT2D eigenvalue weighted by Gasteiger charge is -2.34. The zero-order chi connectivity index (χ0) is 9.78. The van der Waals surface area contributed by atoms with Crippen LogP contribution in [-0.2, 0) is 0 Å². The number of quaternary nitrogens is 1. The highest BCUT2D eigenvalue weighted by molar-refractivity contribution is 5.66. The first-order valence-electron chi connectivity index (χ1n) is 4.62. The Morgan fingerprint density at radius 2 is 1.42 bits per heavy atom. The van der Waals surface area contributed by atoms with Crippen LogP contribution < -0.4 is 0 Å². The number of carbonyl (C=O) groups is 1. The molecule has 0 N–H and O–H groups in total. The first-order valence-corrected chi connectivity index (χ1v) is 4.62. The van der Waals surface area contributed by atoms with E-state index in [4.69, 9.17) is 0 Å². The van der Waals surface area contributed by atoms with Crippen molar-refractivity contribution in [2.75, 3.05) is 33.7 Å². The Morgan fingerprint density at radius 3 is 1.50 bits per heavy atom. The van der Waals surface area contributed by atoms with Gasteiger partial charge in [0.2, 0.25) is 0 Å². The molecule has 0 fully saturated rings. The lowest BCUT2D eigenvalue weighted by Crippen LogP contribution is -2.56. The summed E-state index contributed by atoms with van der Waals surface area (Å²) < 4.78 is 0.562. The molecule has 0 aromatic carbocycles. The minimum atomic E-state index is 0.211. The van der Waals surface area contributed by atoms with Crippen molar-refractivity contribution in [3.63, 3.8) is 0 Å². The van der Waals surface area contributed by atoms with E-state index >= 15 is 0 Å². The zero-order valence-corrected chi connectivity index (χ0v) is 8.92. The molecular weight excluding hydrogens is 152 g/mol. The van der Waals surface area contributed by atoms with E-state index < -0.39 is 0 Å². The van der Waals surface area contributed by atoms with E-state index in [0.29, 0.717) is 4.48 Å². The molecule has 0 heterocycles. The summed E-state index contributed by atoms with van der Waals surface area (Å²) in [4.78, 5) is 13.4. The van der Waals surface area contributed by atoms with E-state index in [2.05, 4.69) is 20.8 Å². The van der Waals surface area contributed by atoms with E-state index in [0.717, 1.165) is 19.6 Å². The molecule has 0 spiro atoms. The van der Waals surface area contributed by atoms with Crippen LogP contribution in [0.5, 0.6) is 0 Å². The highest BCUT2D eigenvalue weighted by atomic mass is 16.2. The third-order valence-electron chi connectivity index (χ3n) is 2.60. The summed E-state index contributed by atoms with van der Waals surface area (Å²) >= 11 is 0. The van der Waals surface area contributed by atoms with Gasteiger partial charge in [0, 0.05) is 14.1 Å². The largest absolute Gasteiger partial charge is 0.418 e. The van der Waals surface area contributed by atoms with Crippen LogP contribution >= 0.6 is 0 Å². The smallest absolute Gasteiger partial charge is 0.299 e. The van der Waals surface area contributed by atoms with Gasteiger partial charge < -0.3 is 0 Å². The van der Waals surface area contributed by atoms with E-state index in [1.807, 2.05) is 14.1 Å². The molecule has 3 nitrogen and oxygen atoms in total. The third kappa shape index (κ3) is 1.97. The molecule has 0 rings (SSSR count). The first-order chi connectivity index (χ1) is 5.54. The van der Waals surface area contributed by atoms with Gasteiger partial charge in [0.25, 0.3) is 0 Å². The molecule has 2 amide bonds. The predicted molar refractivity (Wildman–Crippen MR) is 51.0 cm³/mol. The molecule has 72 valence electrons. The Hall–Kier alpha value is -0.570. The molecule has 3 heteroatoms. The maximum atomic E-state index is 11.8. The standard InChI is InChI=1S/C9H21N2O/c1-6-11(7-2,8-3)9(12)10(4)5/h6-8H2,1-5H3/q+1.